The van der Waals surface area contributed by atoms with Gasteiger partial charge < -0.3 is 10.8 Å². The summed E-state index contributed by atoms with van der Waals surface area (Å²) in [5, 5.41) is 24.7. The zero-order valence-electron chi connectivity index (χ0n) is 21.3. The number of hydrogen-bond donors (Lipinski definition) is 6. The lowest BCUT2D eigenvalue weighted by Crippen LogP contribution is -2.03. The van der Waals surface area contributed by atoms with Gasteiger partial charge in [-0.1, -0.05) is 6.07 Å². The summed E-state index contributed by atoms with van der Waals surface area (Å²) in [7, 11) is -19.6. The van der Waals surface area contributed by atoms with E-state index in [1.807, 2.05) is 0 Å². The van der Waals surface area contributed by atoms with Crippen molar-refractivity contribution in [3.63, 3.8) is 0 Å². The summed E-state index contributed by atoms with van der Waals surface area (Å²) in [5.74, 6) is -1.09. The first-order valence-electron chi connectivity index (χ1n) is 11.2. The molecule has 22 heteroatoms. The zero-order valence-corrected chi connectivity index (χ0v) is 24.5. The van der Waals surface area contributed by atoms with Crippen molar-refractivity contribution in [2.24, 2.45) is 20.5 Å². The number of nitrogen functional groups attached to an aromatic ring is 1. The van der Waals surface area contributed by atoms with Gasteiger partial charge in [0.05, 0.1) is 32.2 Å². The van der Waals surface area contributed by atoms with Gasteiger partial charge in [-0.05, 0) is 60.0 Å². The molecule has 44 heavy (non-hydrogen) atoms. The quantitative estimate of drug-likeness (QED) is 0.0868. The highest BCUT2D eigenvalue weighted by atomic mass is 32.2. The number of azo groups is 2. The molecule has 7 N–H and O–H groups in total. The number of rotatable bonds is 8. The van der Waals surface area contributed by atoms with Crippen LogP contribution in [0.25, 0.3) is 10.8 Å². The Balaban J connectivity index is 1.97. The lowest BCUT2D eigenvalue weighted by Gasteiger charge is -2.14. The van der Waals surface area contributed by atoms with Crippen LogP contribution in [0.1, 0.15) is 0 Å². The maximum Gasteiger partial charge on any atom is 0.296 e. The Bertz CT molecular complexity index is 2340. The summed E-state index contributed by atoms with van der Waals surface area (Å²) < 4.78 is 132. The second-order valence-electron chi connectivity index (χ2n) is 8.60. The van der Waals surface area contributed by atoms with Crippen molar-refractivity contribution >= 4 is 79.7 Å². The number of phenols is 1. The van der Waals surface area contributed by atoms with Crippen LogP contribution in [0.4, 0.5) is 28.4 Å². The van der Waals surface area contributed by atoms with Gasteiger partial charge in [-0.3, -0.25) is 18.2 Å². The lowest BCUT2D eigenvalue weighted by molar-refractivity contribution is 0.472. The van der Waals surface area contributed by atoms with Crippen molar-refractivity contribution in [1.82, 2.24) is 0 Å². The van der Waals surface area contributed by atoms with Gasteiger partial charge in [0.25, 0.3) is 40.5 Å². The first-order chi connectivity index (χ1) is 20.2. The smallest absolute Gasteiger partial charge is 0.296 e. The van der Waals surface area contributed by atoms with Crippen LogP contribution < -0.4 is 5.73 Å². The number of phenolic OH excluding ortho intramolecular Hbond substituents is 1. The third kappa shape index (κ3) is 6.87. The van der Waals surface area contributed by atoms with Gasteiger partial charge in [-0.25, -0.2) is 0 Å². The van der Waals surface area contributed by atoms with Gasteiger partial charge in [0, 0.05) is 0 Å². The van der Waals surface area contributed by atoms with Gasteiger partial charge in [-0.2, -0.15) is 43.9 Å². The third-order valence-corrected chi connectivity index (χ3v) is 9.10. The fourth-order valence-electron chi connectivity index (χ4n) is 3.71. The molecule has 0 amide bonds. The predicted octanol–water partition coefficient (Wildman–Crippen LogP) is 3.95. The number of aromatic hydroxyl groups is 1. The molecule has 0 radical (unpaired) electrons. The first kappa shape index (κ1) is 32.5. The van der Waals surface area contributed by atoms with Crippen LogP contribution in [-0.4, -0.2) is 57.0 Å². The predicted molar refractivity (Wildman–Crippen MR) is 151 cm³/mol. The summed E-state index contributed by atoms with van der Waals surface area (Å²) in [5.41, 5.74) is 3.33. The molecule has 0 aliphatic heterocycles. The van der Waals surface area contributed by atoms with E-state index in [1.54, 1.807) is 0 Å². The Morgan fingerprint density at radius 2 is 1.05 bits per heavy atom. The van der Waals surface area contributed by atoms with Crippen LogP contribution in [0.5, 0.6) is 5.75 Å². The number of anilines is 1. The molecular formula is C22H17N5O13S4. The van der Waals surface area contributed by atoms with E-state index in [-0.39, 0.29) is 11.4 Å². The minimum Gasteiger partial charge on any atom is -0.505 e. The van der Waals surface area contributed by atoms with E-state index >= 15 is 0 Å². The van der Waals surface area contributed by atoms with Gasteiger partial charge in [0.2, 0.25) is 0 Å². The standard InChI is InChI=1S/C22H17N5O13S4/c23-19-18-11(8-16(43(35,36)37)20(19)26-24-12-4-6-14(7-5-12)41(29,30)31)9-17(44(38,39)40)21(22(18)28)27-25-13-2-1-3-15(10-13)42(32,33)34/h1-10,28H,23H2,(H,29,30,31)(H,32,33,34)(H,35,36,37)(H,38,39,40). The summed E-state index contributed by atoms with van der Waals surface area (Å²) in [6.45, 7) is 0. The van der Waals surface area contributed by atoms with Crippen molar-refractivity contribution in [1.29, 1.82) is 0 Å². The van der Waals surface area contributed by atoms with Crippen LogP contribution in [0, 0.1) is 0 Å². The van der Waals surface area contributed by atoms with E-state index in [9.17, 15) is 52.4 Å². The molecule has 0 unspecified atom stereocenters. The monoisotopic (exact) mass is 687 g/mol. The number of benzene rings is 4. The largest absolute Gasteiger partial charge is 0.505 e. The van der Waals surface area contributed by atoms with Gasteiger partial charge in [0.1, 0.15) is 21.2 Å². The summed E-state index contributed by atoms with van der Waals surface area (Å²) in [6, 6.07) is 9.54. The molecule has 0 spiro atoms. The topological polar surface area (TPSA) is 313 Å². The minimum absolute atomic E-state index is 0.0919. The zero-order chi connectivity index (χ0) is 32.8. The summed E-state index contributed by atoms with van der Waals surface area (Å²) in [6.07, 6.45) is 0. The van der Waals surface area contributed by atoms with Crippen LogP contribution in [0.2, 0.25) is 0 Å². The van der Waals surface area contributed by atoms with E-state index in [2.05, 4.69) is 20.5 Å². The lowest BCUT2D eigenvalue weighted by atomic mass is 10.1. The number of hydrogen-bond acceptors (Lipinski definition) is 14. The fourth-order valence-corrected chi connectivity index (χ4v) is 6.04. The molecule has 4 aromatic rings. The van der Waals surface area contributed by atoms with E-state index in [1.165, 1.54) is 6.07 Å². The molecule has 232 valence electrons. The molecule has 4 rings (SSSR count). The Morgan fingerprint density at radius 1 is 0.545 bits per heavy atom. The molecule has 0 saturated heterocycles. The molecule has 0 aliphatic carbocycles. The molecule has 0 aliphatic rings. The molecule has 4 aromatic carbocycles. The van der Waals surface area contributed by atoms with Crippen LogP contribution in [0.15, 0.2) is 101 Å². The van der Waals surface area contributed by atoms with Gasteiger partial charge in [-0.15, -0.1) is 10.2 Å². The fraction of sp³-hybridized carbons (Fsp3) is 0. The highest BCUT2D eigenvalue weighted by Gasteiger charge is 2.28. The van der Waals surface area contributed by atoms with Crippen LogP contribution in [-0.2, 0) is 40.5 Å². The summed E-state index contributed by atoms with van der Waals surface area (Å²) >= 11 is 0. The maximum atomic E-state index is 12.2. The Labute approximate surface area is 248 Å². The minimum atomic E-state index is -5.22. The molecule has 0 fully saturated rings. The average Bonchev–Trinajstić information content (AvgIpc) is 2.90. The van der Waals surface area contributed by atoms with Crippen molar-refractivity contribution in [2.75, 3.05) is 5.73 Å². The van der Waals surface area contributed by atoms with Crippen molar-refractivity contribution < 1.29 is 57.0 Å². The van der Waals surface area contributed by atoms with Gasteiger partial charge >= 0.3 is 0 Å². The molecule has 0 saturated carbocycles. The third-order valence-electron chi connectivity index (χ3n) is 5.65. The van der Waals surface area contributed by atoms with E-state index in [0.29, 0.717) is 12.1 Å². The second kappa shape index (κ2) is 11.3. The molecule has 0 heterocycles. The summed E-state index contributed by atoms with van der Waals surface area (Å²) in [4.78, 5) is -3.22. The van der Waals surface area contributed by atoms with Gasteiger partial charge in [0.15, 0.2) is 5.75 Å². The first-order valence-corrected chi connectivity index (χ1v) is 17.0. The average molecular weight is 688 g/mol. The van der Waals surface area contributed by atoms with E-state index < -0.39 is 93.6 Å². The molecule has 18 nitrogen and oxygen atoms in total. The molecule has 0 aromatic heterocycles. The van der Waals surface area contributed by atoms with Crippen molar-refractivity contribution in [3.05, 3.63) is 60.7 Å². The highest BCUT2D eigenvalue weighted by Crippen LogP contribution is 2.48. The van der Waals surface area contributed by atoms with Crippen molar-refractivity contribution in [2.45, 2.75) is 19.6 Å². The SMILES string of the molecule is Nc1c(N=Nc2ccc(S(=O)(=O)O)cc2)c(S(=O)(=O)O)cc2cc(S(=O)(=O)O)c(N=Nc3cccc(S(=O)(=O)O)c3)c(O)c12. The molecule has 0 atom stereocenters. The Hall–Kier alpha value is -4.42. The van der Waals surface area contributed by atoms with E-state index in [0.717, 1.165) is 42.5 Å². The normalized spacial score (nSPS) is 13.3. The van der Waals surface area contributed by atoms with Crippen LogP contribution in [0.3, 0.4) is 0 Å². The van der Waals surface area contributed by atoms with Crippen molar-refractivity contribution in [3.8, 4) is 5.75 Å². The maximum absolute atomic E-state index is 12.2. The van der Waals surface area contributed by atoms with Crippen LogP contribution >= 0.6 is 0 Å². The number of fused-ring (bicyclic) bond motifs is 1. The second-order valence-corrected chi connectivity index (χ2v) is 14.2. The number of nitrogens with zero attached hydrogens (tertiary/aromatic N) is 4. The molecular weight excluding hydrogens is 671 g/mol. The highest BCUT2D eigenvalue weighted by molar-refractivity contribution is 7.86. The Morgan fingerprint density at radius 3 is 1.57 bits per heavy atom. The number of nitrogens with two attached hydrogens (primary N) is 1. The molecule has 0 bridgehead atoms. The van der Waals surface area contributed by atoms with E-state index in [4.69, 9.17) is 10.3 Å². The Kier molecular flexibility index (Phi) is 8.31.